The van der Waals surface area contributed by atoms with Gasteiger partial charge in [-0.3, -0.25) is 4.79 Å². The van der Waals surface area contributed by atoms with Crippen LogP contribution in [-0.2, 0) is 4.79 Å². The van der Waals surface area contributed by atoms with Crippen LogP contribution < -0.4 is 9.47 Å². The first-order valence-corrected chi connectivity index (χ1v) is 4.55. The molecule has 1 aromatic heterocycles. The Hall–Kier alpha value is -1.97. The average molecular weight is 205 g/mol. The van der Waals surface area contributed by atoms with Gasteiger partial charge in [0, 0.05) is 18.5 Å². The Morgan fingerprint density at radius 1 is 1.33 bits per heavy atom. The van der Waals surface area contributed by atoms with E-state index in [4.69, 9.17) is 9.47 Å². The van der Waals surface area contributed by atoms with Crippen molar-refractivity contribution in [2.45, 2.75) is 6.92 Å². The van der Waals surface area contributed by atoms with Gasteiger partial charge in [0.1, 0.15) is 5.75 Å². The average Bonchev–Trinajstić information content (AvgIpc) is 2.61. The molecule has 0 fully saturated rings. The Morgan fingerprint density at radius 3 is 2.80 bits per heavy atom. The van der Waals surface area contributed by atoms with Crippen LogP contribution in [0.2, 0.25) is 0 Å². The van der Waals surface area contributed by atoms with Gasteiger partial charge in [-0.2, -0.15) is 0 Å². The summed E-state index contributed by atoms with van der Waals surface area (Å²) in [7, 11) is 1.60. The number of benzene rings is 1. The van der Waals surface area contributed by atoms with Crippen LogP contribution >= 0.6 is 0 Å². The van der Waals surface area contributed by atoms with E-state index in [0.717, 1.165) is 16.7 Å². The molecule has 1 heterocycles. The minimum Gasteiger partial charge on any atom is -0.495 e. The van der Waals surface area contributed by atoms with E-state index in [2.05, 4.69) is 4.98 Å². The summed E-state index contributed by atoms with van der Waals surface area (Å²) < 4.78 is 10.2. The second kappa shape index (κ2) is 3.65. The van der Waals surface area contributed by atoms with Crippen LogP contribution in [0.5, 0.6) is 11.5 Å². The third-order valence-corrected chi connectivity index (χ3v) is 2.11. The highest BCUT2D eigenvalue weighted by Crippen LogP contribution is 2.31. The topological polar surface area (TPSA) is 51.3 Å². The van der Waals surface area contributed by atoms with Crippen LogP contribution in [0.3, 0.4) is 0 Å². The van der Waals surface area contributed by atoms with Gasteiger partial charge in [-0.05, 0) is 12.1 Å². The largest absolute Gasteiger partial charge is 0.495 e. The lowest BCUT2D eigenvalue weighted by Gasteiger charge is -2.01. The predicted molar refractivity (Wildman–Crippen MR) is 56.2 cm³/mol. The zero-order chi connectivity index (χ0) is 10.8. The van der Waals surface area contributed by atoms with Crippen molar-refractivity contribution < 1.29 is 14.3 Å². The van der Waals surface area contributed by atoms with E-state index in [-0.39, 0.29) is 5.97 Å². The molecule has 0 radical (unpaired) electrons. The number of para-hydroxylation sites is 1. The van der Waals surface area contributed by atoms with Gasteiger partial charge < -0.3 is 14.5 Å². The standard InChI is InChI=1S/C11H11NO3/c1-7(13)15-10-6-12-11-8(10)4-3-5-9(11)14-2/h3-6,12H,1-2H3. The first-order chi connectivity index (χ1) is 7.22. The molecule has 0 aliphatic carbocycles. The number of aromatic nitrogens is 1. The first kappa shape index (κ1) is 9.58. The third-order valence-electron chi connectivity index (χ3n) is 2.11. The highest BCUT2D eigenvalue weighted by atomic mass is 16.5. The lowest BCUT2D eigenvalue weighted by molar-refractivity contribution is -0.131. The fourth-order valence-electron chi connectivity index (χ4n) is 1.51. The maximum Gasteiger partial charge on any atom is 0.308 e. The normalized spacial score (nSPS) is 10.3. The van der Waals surface area contributed by atoms with E-state index >= 15 is 0 Å². The van der Waals surface area contributed by atoms with Crippen molar-refractivity contribution in [1.29, 1.82) is 0 Å². The van der Waals surface area contributed by atoms with Gasteiger partial charge in [0.2, 0.25) is 0 Å². The monoisotopic (exact) mass is 205 g/mol. The molecule has 0 bridgehead atoms. The van der Waals surface area contributed by atoms with E-state index in [9.17, 15) is 4.79 Å². The maximum absolute atomic E-state index is 10.8. The number of carbonyl (C=O) groups excluding carboxylic acids is 1. The van der Waals surface area contributed by atoms with E-state index in [0.29, 0.717) is 5.75 Å². The van der Waals surface area contributed by atoms with Crippen molar-refractivity contribution in [3.05, 3.63) is 24.4 Å². The molecule has 78 valence electrons. The molecule has 2 rings (SSSR count). The van der Waals surface area contributed by atoms with E-state index in [1.54, 1.807) is 13.3 Å². The molecule has 1 N–H and O–H groups in total. The number of hydrogen-bond acceptors (Lipinski definition) is 3. The van der Waals surface area contributed by atoms with Gasteiger partial charge >= 0.3 is 5.97 Å². The molecule has 4 heteroatoms. The molecule has 0 amide bonds. The Balaban J connectivity index is 2.55. The molecule has 0 spiro atoms. The number of aromatic amines is 1. The highest BCUT2D eigenvalue weighted by molar-refractivity contribution is 5.92. The molecular formula is C11H11NO3. The molecule has 0 aliphatic heterocycles. The van der Waals surface area contributed by atoms with Gasteiger partial charge in [-0.1, -0.05) is 6.07 Å². The second-order valence-electron chi connectivity index (χ2n) is 3.13. The zero-order valence-electron chi connectivity index (χ0n) is 8.53. The van der Waals surface area contributed by atoms with Crippen LogP contribution in [0, 0.1) is 0 Å². The fourth-order valence-corrected chi connectivity index (χ4v) is 1.51. The molecule has 0 saturated heterocycles. The fraction of sp³-hybridized carbons (Fsp3) is 0.182. The Labute approximate surface area is 86.8 Å². The van der Waals surface area contributed by atoms with Gasteiger partial charge in [0.25, 0.3) is 0 Å². The van der Waals surface area contributed by atoms with Gasteiger partial charge in [0.15, 0.2) is 5.75 Å². The number of H-pyrrole nitrogens is 1. The number of hydrogen-bond donors (Lipinski definition) is 1. The summed E-state index contributed by atoms with van der Waals surface area (Å²) in [6.45, 7) is 1.37. The van der Waals surface area contributed by atoms with Crippen molar-refractivity contribution >= 4 is 16.9 Å². The number of ether oxygens (including phenoxy) is 2. The van der Waals surface area contributed by atoms with Crippen LogP contribution in [0.25, 0.3) is 10.9 Å². The summed E-state index contributed by atoms with van der Waals surface area (Å²) in [5, 5.41) is 0.838. The summed E-state index contributed by atoms with van der Waals surface area (Å²) in [5.74, 6) is 0.918. The van der Waals surface area contributed by atoms with Crippen molar-refractivity contribution in [3.63, 3.8) is 0 Å². The molecule has 0 aliphatic rings. The number of methoxy groups -OCH3 is 1. The third kappa shape index (κ3) is 1.66. The highest BCUT2D eigenvalue weighted by Gasteiger charge is 2.09. The van der Waals surface area contributed by atoms with E-state index < -0.39 is 0 Å². The zero-order valence-corrected chi connectivity index (χ0v) is 8.53. The lowest BCUT2D eigenvalue weighted by atomic mass is 10.2. The summed E-state index contributed by atoms with van der Waals surface area (Å²) in [6, 6.07) is 5.56. The minimum absolute atomic E-state index is 0.335. The number of nitrogens with one attached hydrogen (secondary N) is 1. The van der Waals surface area contributed by atoms with Gasteiger partial charge in [0.05, 0.1) is 12.6 Å². The molecule has 15 heavy (non-hydrogen) atoms. The van der Waals surface area contributed by atoms with Crippen molar-refractivity contribution in [2.24, 2.45) is 0 Å². The SMILES string of the molecule is COc1cccc2c(OC(C)=O)c[nH]c12. The van der Waals surface area contributed by atoms with Crippen LogP contribution in [-0.4, -0.2) is 18.1 Å². The molecule has 2 aromatic rings. The minimum atomic E-state index is -0.335. The number of esters is 1. The van der Waals surface area contributed by atoms with Crippen LogP contribution in [0.4, 0.5) is 0 Å². The molecule has 0 atom stereocenters. The number of rotatable bonds is 2. The smallest absolute Gasteiger partial charge is 0.308 e. The first-order valence-electron chi connectivity index (χ1n) is 4.55. The molecule has 0 saturated carbocycles. The molecular weight excluding hydrogens is 194 g/mol. The molecule has 0 unspecified atom stereocenters. The second-order valence-corrected chi connectivity index (χ2v) is 3.13. The summed E-state index contributed by atoms with van der Waals surface area (Å²) in [4.78, 5) is 13.9. The summed E-state index contributed by atoms with van der Waals surface area (Å²) in [6.07, 6.45) is 1.65. The molecule has 4 nitrogen and oxygen atoms in total. The number of carbonyl (C=O) groups is 1. The van der Waals surface area contributed by atoms with Gasteiger partial charge in [-0.25, -0.2) is 0 Å². The van der Waals surface area contributed by atoms with Crippen molar-refractivity contribution in [1.82, 2.24) is 4.98 Å². The molecule has 1 aromatic carbocycles. The van der Waals surface area contributed by atoms with Crippen LogP contribution in [0.1, 0.15) is 6.92 Å². The van der Waals surface area contributed by atoms with E-state index in [1.807, 2.05) is 18.2 Å². The number of fused-ring (bicyclic) bond motifs is 1. The Morgan fingerprint density at radius 2 is 2.13 bits per heavy atom. The predicted octanol–water partition coefficient (Wildman–Crippen LogP) is 2.10. The Kier molecular flexibility index (Phi) is 2.33. The summed E-state index contributed by atoms with van der Waals surface area (Å²) >= 11 is 0. The van der Waals surface area contributed by atoms with Gasteiger partial charge in [-0.15, -0.1) is 0 Å². The van der Waals surface area contributed by atoms with Crippen molar-refractivity contribution in [3.8, 4) is 11.5 Å². The van der Waals surface area contributed by atoms with E-state index in [1.165, 1.54) is 6.92 Å². The maximum atomic E-state index is 10.8. The summed E-state index contributed by atoms with van der Waals surface area (Å²) in [5.41, 5.74) is 0.830. The Bertz CT molecular complexity index is 502. The van der Waals surface area contributed by atoms with Crippen molar-refractivity contribution in [2.75, 3.05) is 7.11 Å². The lowest BCUT2D eigenvalue weighted by Crippen LogP contribution is -2.00. The quantitative estimate of drug-likeness (QED) is 0.764. The van der Waals surface area contributed by atoms with Crippen LogP contribution in [0.15, 0.2) is 24.4 Å².